The Morgan fingerprint density at radius 3 is 2.19 bits per heavy atom. The van der Waals surface area contributed by atoms with Crippen LogP contribution < -0.4 is 10.7 Å². The zero-order valence-electron chi connectivity index (χ0n) is 17.3. The number of hydrogen-bond donors (Lipinski definition) is 1. The largest absolute Gasteiger partial charge is 0.353 e. The second-order valence-electron chi connectivity index (χ2n) is 8.03. The van der Waals surface area contributed by atoms with E-state index >= 15 is 0 Å². The highest BCUT2D eigenvalue weighted by Gasteiger charge is 2.24. The van der Waals surface area contributed by atoms with E-state index in [1.54, 1.807) is 11.3 Å². The molecule has 0 aliphatic carbocycles. The Morgan fingerprint density at radius 2 is 1.58 bits per heavy atom. The fourth-order valence-electron chi connectivity index (χ4n) is 4.60. The van der Waals surface area contributed by atoms with E-state index in [1.165, 1.54) is 17.7 Å². The van der Waals surface area contributed by atoms with E-state index in [2.05, 4.69) is 27.7 Å². The summed E-state index contributed by atoms with van der Waals surface area (Å²) >= 11 is 1.75. The van der Waals surface area contributed by atoms with E-state index in [4.69, 9.17) is 0 Å². The van der Waals surface area contributed by atoms with Gasteiger partial charge in [0.1, 0.15) is 6.54 Å². The van der Waals surface area contributed by atoms with Gasteiger partial charge in [-0.2, -0.15) is 0 Å². The van der Waals surface area contributed by atoms with Crippen LogP contribution in [0.15, 0.2) is 70.8 Å². The zero-order chi connectivity index (χ0) is 21.2. The van der Waals surface area contributed by atoms with E-state index in [1.807, 2.05) is 53.1 Å². The van der Waals surface area contributed by atoms with Crippen molar-refractivity contribution in [2.45, 2.75) is 25.4 Å². The molecule has 31 heavy (non-hydrogen) atoms. The lowest BCUT2D eigenvalue weighted by Crippen LogP contribution is -2.37. The van der Waals surface area contributed by atoms with E-state index in [0.717, 1.165) is 24.1 Å². The van der Waals surface area contributed by atoms with Gasteiger partial charge in [-0.25, -0.2) is 0 Å². The third kappa shape index (κ3) is 3.89. The topological polar surface area (TPSA) is 54.3 Å². The maximum Gasteiger partial charge on any atom is 0.240 e. The molecule has 2 aromatic heterocycles. The molecule has 1 N–H and O–H groups in total. The van der Waals surface area contributed by atoms with Crippen molar-refractivity contribution in [3.63, 3.8) is 0 Å². The van der Waals surface area contributed by atoms with Gasteiger partial charge in [-0.05, 0) is 61.6 Å². The average molecular weight is 432 g/mol. The smallest absolute Gasteiger partial charge is 0.240 e. The van der Waals surface area contributed by atoms with Gasteiger partial charge in [0.25, 0.3) is 0 Å². The van der Waals surface area contributed by atoms with Gasteiger partial charge in [0.15, 0.2) is 5.43 Å². The molecule has 1 aliphatic heterocycles. The molecule has 0 unspecified atom stereocenters. The van der Waals surface area contributed by atoms with Gasteiger partial charge < -0.3 is 9.88 Å². The maximum absolute atomic E-state index is 13.0. The lowest BCUT2D eigenvalue weighted by atomic mass is 10.1. The van der Waals surface area contributed by atoms with Gasteiger partial charge in [-0.1, -0.05) is 30.3 Å². The number of benzene rings is 2. The molecular weight excluding hydrogens is 406 g/mol. The van der Waals surface area contributed by atoms with Crippen LogP contribution in [0.4, 0.5) is 0 Å². The highest BCUT2D eigenvalue weighted by Crippen LogP contribution is 2.28. The van der Waals surface area contributed by atoms with Gasteiger partial charge in [-0.3, -0.25) is 14.5 Å². The molecule has 6 heteroatoms. The number of nitrogens with zero attached hydrogens (tertiary/aromatic N) is 2. The number of nitrogens with one attached hydrogen (secondary N) is 1. The third-order valence-corrected chi connectivity index (χ3v) is 7.10. The Bertz CT molecular complexity index is 1210. The first-order valence-corrected chi connectivity index (χ1v) is 11.6. The van der Waals surface area contributed by atoms with Gasteiger partial charge >= 0.3 is 0 Å². The molecule has 0 spiro atoms. The SMILES string of the molecule is O=C(Cn1c2ccccc2c(=O)c2ccccc21)NC[C@H](c1cccs1)N1CCCC1. The second kappa shape index (κ2) is 8.65. The number of rotatable bonds is 6. The number of hydrogen-bond acceptors (Lipinski definition) is 4. The van der Waals surface area contributed by atoms with Crippen molar-refractivity contribution in [1.29, 1.82) is 0 Å². The normalized spacial score (nSPS) is 15.5. The van der Waals surface area contributed by atoms with Crippen molar-refractivity contribution < 1.29 is 4.79 Å². The Balaban J connectivity index is 1.42. The summed E-state index contributed by atoms with van der Waals surface area (Å²) in [5, 5.41) is 6.55. The number of fused-ring (bicyclic) bond motifs is 2. The molecule has 158 valence electrons. The molecular formula is C25H25N3O2S. The van der Waals surface area contributed by atoms with Crippen LogP contribution in [-0.2, 0) is 11.3 Å². The first-order chi connectivity index (χ1) is 15.2. The second-order valence-corrected chi connectivity index (χ2v) is 9.01. The molecule has 5 rings (SSSR count). The number of carbonyl (C=O) groups excluding carboxylic acids is 1. The molecule has 1 atom stereocenters. The summed E-state index contributed by atoms with van der Waals surface area (Å²) in [6.45, 7) is 2.93. The van der Waals surface area contributed by atoms with E-state index in [0.29, 0.717) is 17.3 Å². The summed E-state index contributed by atoms with van der Waals surface area (Å²) in [6, 6.07) is 19.5. The summed E-state index contributed by atoms with van der Waals surface area (Å²) < 4.78 is 1.96. The van der Waals surface area contributed by atoms with Crippen LogP contribution in [0.3, 0.4) is 0 Å². The molecule has 1 saturated heterocycles. The zero-order valence-corrected chi connectivity index (χ0v) is 18.1. The fourth-order valence-corrected chi connectivity index (χ4v) is 5.46. The summed E-state index contributed by atoms with van der Waals surface area (Å²) in [4.78, 5) is 29.7. The van der Waals surface area contributed by atoms with Crippen molar-refractivity contribution in [1.82, 2.24) is 14.8 Å². The average Bonchev–Trinajstić information content (AvgIpc) is 3.52. The van der Waals surface area contributed by atoms with Crippen molar-refractivity contribution in [2.75, 3.05) is 19.6 Å². The van der Waals surface area contributed by atoms with Gasteiger partial charge in [0.2, 0.25) is 5.91 Å². The summed E-state index contributed by atoms with van der Waals surface area (Å²) in [6.07, 6.45) is 2.43. The fraction of sp³-hybridized carbons (Fsp3) is 0.280. The monoisotopic (exact) mass is 431 g/mol. The molecule has 2 aromatic carbocycles. The van der Waals surface area contributed by atoms with Crippen LogP contribution in [0.1, 0.15) is 23.8 Å². The van der Waals surface area contributed by atoms with Crippen LogP contribution in [-0.4, -0.2) is 35.0 Å². The van der Waals surface area contributed by atoms with Crippen molar-refractivity contribution in [3.8, 4) is 0 Å². The minimum atomic E-state index is -0.0419. The van der Waals surface area contributed by atoms with E-state index in [9.17, 15) is 9.59 Å². The van der Waals surface area contributed by atoms with E-state index < -0.39 is 0 Å². The maximum atomic E-state index is 13.0. The molecule has 0 saturated carbocycles. The summed E-state index contributed by atoms with van der Waals surface area (Å²) in [5.74, 6) is -0.0419. The van der Waals surface area contributed by atoms with Crippen molar-refractivity contribution in [2.24, 2.45) is 0 Å². The lowest BCUT2D eigenvalue weighted by molar-refractivity contribution is -0.121. The summed E-state index contributed by atoms with van der Waals surface area (Å²) in [5.41, 5.74) is 1.58. The number of para-hydroxylation sites is 2. The molecule has 0 radical (unpaired) electrons. The Kier molecular flexibility index (Phi) is 5.57. The first-order valence-electron chi connectivity index (χ1n) is 10.8. The van der Waals surface area contributed by atoms with Crippen LogP contribution in [0, 0.1) is 0 Å². The van der Waals surface area contributed by atoms with Crippen LogP contribution in [0.25, 0.3) is 21.8 Å². The molecule has 5 nitrogen and oxygen atoms in total. The Labute approximate surface area is 184 Å². The Hall–Kier alpha value is -2.96. The molecule has 1 fully saturated rings. The number of likely N-dealkylation sites (tertiary alicyclic amines) is 1. The van der Waals surface area contributed by atoms with Crippen LogP contribution >= 0.6 is 11.3 Å². The first kappa shape index (κ1) is 20.0. The molecule has 1 amide bonds. The molecule has 4 aromatic rings. The predicted molar refractivity (Wildman–Crippen MR) is 127 cm³/mol. The number of thiophene rings is 1. The highest BCUT2D eigenvalue weighted by molar-refractivity contribution is 7.10. The number of aromatic nitrogens is 1. The minimum Gasteiger partial charge on any atom is -0.353 e. The van der Waals surface area contributed by atoms with Gasteiger partial charge in [0, 0.05) is 22.2 Å². The van der Waals surface area contributed by atoms with Crippen LogP contribution in [0.5, 0.6) is 0 Å². The third-order valence-electron chi connectivity index (χ3n) is 6.13. The summed E-state index contributed by atoms with van der Waals surface area (Å²) in [7, 11) is 0. The minimum absolute atomic E-state index is 0.00894. The quantitative estimate of drug-likeness (QED) is 0.466. The van der Waals surface area contributed by atoms with Gasteiger partial charge in [-0.15, -0.1) is 11.3 Å². The molecule has 3 heterocycles. The number of carbonyl (C=O) groups is 1. The Morgan fingerprint density at radius 1 is 0.935 bits per heavy atom. The van der Waals surface area contributed by atoms with E-state index in [-0.39, 0.29) is 23.9 Å². The highest BCUT2D eigenvalue weighted by atomic mass is 32.1. The van der Waals surface area contributed by atoms with Gasteiger partial charge in [0.05, 0.1) is 17.1 Å². The van der Waals surface area contributed by atoms with Crippen molar-refractivity contribution in [3.05, 3.63) is 81.1 Å². The molecule has 0 bridgehead atoms. The standard InChI is InChI=1S/C25H25N3O2S/c29-24(26-16-22(23-12-7-15-31-23)27-13-5-6-14-27)17-28-20-10-3-1-8-18(20)25(30)19-9-2-4-11-21(19)28/h1-4,7-12,15,22H,5-6,13-14,16-17H2,(H,26,29)/t22-/m1/s1. The van der Waals surface area contributed by atoms with Crippen LogP contribution in [0.2, 0.25) is 0 Å². The number of pyridine rings is 1. The number of amides is 1. The van der Waals surface area contributed by atoms with Crippen molar-refractivity contribution >= 4 is 39.0 Å². The predicted octanol–water partition coefficient (Wildman–Crippen LogP) is 4.17. The molecule has 1 aliphatic rings. The lowest BCUT2D eigenvalue weighted by Gasteiger charge is -2.27.